The number of hydrogen-bond donors (Lipinski definition) is 3. The van der Waals surface area contributed by atoms with Gasteiger partial charge in [0.1, 0.15) is 44.3 Å². The zero-order chi connectivity index (χ0) is 19.5. The Kier molecular flexibility index (Phi) is 5.80. The number of piperazine rings is 1. The SMILES string of the molecule is O=C(C[NH+]1CC[NH+](Cc2ccc3c(c2)CCO3)CC1)Nc1ccc(F)cc1Cl. The topological polar surface area (TPSA) is 47.2 Å². The molecule has 0 bridgehead atoms. The van der Waals surface area contributed by atoms with Gasteiger partial charge in [0.15, 0.2) is 6.54 Å². The molecule has 2 aliphatic heterocycles. The fourth-order valence-electron chi connectivity index (χ4n) is 3.96. The van der Waals surface area contributed by atoms with E-state index in [1.54, 1.807) is 4.90 Å². The van der Waals surface area contributed by atoms with Gasteiger partial charge in [-0.1, -0.05) is 11.6 Å². The molecule has 0 atom stereocenters. The predicted octanol–water partition coefficient (Wildman–Crippen LogP) is 0.336. The Morgan fingerprint density at radius 3 is 2.68 bits per heavy atom. The van der Waals surface area contributed by atoms with Gasteiger partial charge in [0, 0.05) is 12.0 Å². The number of rotatable bonds is 5. The Labute approximate surface area is 169 Å². The predicted molar refractivity (Wildman–Crippen MR) is 106 cm³/mol. The number of fused-ring (bicyclic) bond motifs is 1. The molecule has 0 unspecified atom stereocenters. The molecule has 0 aromatic heterocycles. The molecule has 2 aliphatic rings. The minimum absolute atomic E-state index is 0.0921. The average molecular weight is 406 g/mol. The molecule has 1 saturated heterocycles. The summed E-state index contributed by atoms with van der Waals surface area (Å²) in [7, 11) is 0. The van der Waals surface area contributed by atoms with Crippen LogP contribution in [0.25, 0.3) is 0 Å². The Balaban J connectivity index is 1.24. The molecule has 1 fully saturated rings. The number of anilines is 1. The smallest absolute Gasteiger partial charge is 0.279 e. The van der Waals surface area contributed by atoms with E-state index in [9.17, 15) is 9.18 Å². The Hall–Kier alpha value is -2.15. The fraction of sp³-hybridized carbons (Fsp3) is 0.381. The number of amides is 1. The average Bonchev–Trinajstić information content (AvgIpc) is 3.13. The molecule has 1 amide bonds. The molecule has 2 aromatic rings. The van der Waals surface area contributed by atoms with Crippen LogP contribution in [0.2, 0.25) is 5.02 Å². The van der Waals surface area contributed by atoms with Crippen molar-refractivity contribution in [3.8, 4) is 5.75 Å². The third-order valence-electron chi connectivity index (χ3n) is 5.49. The van der Waals surface area contributed by atoms with E-state index in [1.165, 1.54) is 34.2 Å². The number of carbonyl (C=O) groups excluding carboxylic acids is 1. The van der Waals surface area contributed by atoms with Gasteiger partial charge < -0.3 is 19.9 Å². The van der Waals surface area contributed by atoms with Gasteiger partial charge in [-0.15, -0.1) is 0 Å². The van der Waals surface area contributed by atoms with Gasteiger partial charge in [-0.25, -0.2) is 4.39 Å². The summed E-state index contributed by atoms with van der Waals surface area (Å²) in [4.78, 5) is 15.1. The number of halogens is 2. The largest absolute Gasteiger partial charge is 0.493 e. The molecule has 5 nitrogen and oxygen atoms in total. The van der Waals surface area contributed by atoms with Crippen molar-refractivity contribution in [2.45, 2.75) is 13.0 Å². The summed E-state index contributed by atoms with van der Waals surface area (Å²) in [6.45, 7) is 6.18. The molecule has 0 spiro atoms. The molecule has 0 radical (unpaired) electrons. The molecule has 2 heterocycles. The van der Waals surface area contributed by atoms with Gasteiger partial charge in [0.25, 0.3) is 5.91 Å². The van der Waals surface area contributed by atoms with E-state index >= 15 is 0 Å². The zero-order valence-electron chi connectivity index (χ0n) is 15.7. The van der Waals surface area contributed by atoms with Crippen molar-refractivity contribution >= 4 is 23.2 Å². The fourth-order valence-corrected chi connectivity index (χ4v) is 4.18. The number of ether oxygens (including phenoxy) is 1. The summed E-state index contributed by atoms with van der Waals surface area (Å²) in [5.74, 6) is 0.523. The van der Waals surface area contributed by atoms with Crippen LogP contribution in [0.4, 0.5) is 10.1 Å². The van der Waals surface area contributed by atoms with E-state index in [2.05, 4.69) is 23.5 Å². The van der Waals surface area contributed by atoms with Crippen LogP contribution >= 0.6 is 11.6 Å². The highest BCUT2D eigenvalue weighted by Crippen LogP contribution is 2.25. The molecule has 7 heteroatoms. The first kappa shape index (κ1) is 19.2. The van der Waals surface area contributed by atoms with Crippen LogP contribution in [-0.2, 0) is 17.8 Å². The first-order valence-corrected chi connectivity index (χ1v) is 10.1. The number of quaternary nitrogens is 2. The molecule has 4 rings (SSSR count). The van der Waals surface area contributed by atoms with E-state index in [0.717, 1.165) is 51.5 Å². The zero-order valence-corrected chi connectivity index (χ0v) is 16.4. The summed E-state index contributed by atoms with van der Waals surface area (Å²) >= 11 is 5.97. The quantitative estimate of drug-likeness (QED) is 0.671. The van der Waals surface area contributed by atoms with Crippen LogP contribution in [0.15, 0.2) is 36.4 Å². The van der Waals surface area contributed by atoms with Crippen molar-refractivity contribution in [2.24, 2.45) is 0 Å². The minimum atomic E-state index is -0.413. The van der Waals surface area contributed by atoms with Crippen molar-refractivity contribution in [1.82, 2.24) is 0 Å². The van der Waals surface area contributed by atoms with Crippen LogP contribution in [0.3, 0.4) is 0 Å². The second kappa shape index (κ2) is 8.47. The van der Waals surface area contributed by atoms with Crippen molar-refractivity contribution < 1.29 is 23.7 Å². The van der Waals surface area contributed by atoms with Crippen molar-refractivity contribution in [3.05, 3.63) is 58.4 Å². The van der Waals surface area contributed by atoms with E-state index in [0.29, 0.717) is 12.2 Å². The van der Waals surface area contributed by atoms with E-state index in [1.807, 2.05) is 0 Å². The Morgan fingerprint density at radius 1 is 1.11 bits per heavy atom. The number of hydrogen-bond acceptors (Lipinski definition) is 2. The molecule has 0 saturated carbocycles. The third-order valence-corrected chi connectivity index (χ3v) is 5.80. The highest BCUT2D eigenvalue weighted by molar-refractivity contribution is 6.33. The second-order valence-corrected chi connectivity index (χ2v) is 7.97. The summed E-state index contributed by atoms with van der Waals surface area (Å²) in [6, 6.07) is 10.5. The van der Waals surface area contributed by atoms with Gasteiger partial charge in [-0.05, 0) is 42.0 Å². The Morgan fingerprint density at radius 2 is 1.89 bits per heavy atom. The van der Waals surface area contributed by atoms with Gasteiger partial charge in [-0.2, -0.15) is 0 Å². The lowest BCUT2D eigenvalue weighted by atomic mass is 10.1. The number of nitrogens with one attached hydrogen (secondary N) is 3. The van der Waals surface area contributed by atoms with Gasteiger partial charge in [-0.3, -0.25) is 4.79 Å². The maximum Gasteiger partial charge on any atom is 0.279 e. The molecule has 148 valence electrons. The van der Waals surface area contributed by atoms with E-state index < -0.39 is 5.82 Å². The van der Waals surface area contributed by atoms with Crippen LogP contribution in [0, 0.1) is 5.82 Å². The lowest BCUT2D eigenvalue weighted by Crippen LogP contribution is -3.28. The van der Waals surface area contributed by atoms with Crippen LogP contribution in [0.1, 0.15) is 11.1 Å². The maximum atomic E-state index is 13.1. The van der Waals surface area contributed by atoms with Gasteiger partial charge in [0.05, 0.1) is 17.3 Å². The van der Waals surface area contributed by atoms with Crippen molar-refractivity contribution in [3.63, 3.8) is 0 Å². The third kappa shape index (κ3) is 4.63. The lowest BCUT2D eigenvalue weighted by molar-refractivity contribution is -1.02. The first-order chi connectivity index (χ1) is 13.6. The minimum Gasteiger partial charge on any atom is -0.493 e. The monoisotopic (exact) mass is 405 g/mol. The Bertz CT molecular complexity index is 869. The van der Waals surface area contributed by atoms with Crippen molar-refractivity contribution in [2.75, 3.05) is 44.6 Å². The highest BCUT2D eigenvalue weighted by Gasteiger charge is 2.25. The highest BCUT2D eigenvalue weighted by atomic mass is 35.5. The van der Waals surface area contributed by atoms with Gasteiger partial charge >= 0.3 is 0 Å². The van der Waals surface area contributed by atoms with E-state index in [4.69, 9.17) is 16.3 Å². The summed E-state index contributed by atoms with van der Waals surface area (Å²) in [5, 5.41) is 3.00. The molecule has 2 aromatic carbocycles. The molecular weight excluding hydrogens is 381 g/mol. The molecule has 28 heavy (non-hydrogen) atoms. The standard InChI is InChI=1S/C21H23ClFN3O2/c22-18-12-17(23)2-3-19(18)24-21(27)14-26-8-6-25(7-9-26)13-15-1-4-20-16(11-15)5-10-28-20/h1-4,11-12H,5-10,13-14H2,(H,24,27)/p+2. The molecular formula is C21H25ClFN3O2+2. The van der Waals surface area contributed by atoms with Crippen LogP contribution in [-0.4, -0.2) is 45.2 Å². The second-order valence-electron chi connectivity index (χ2n) is 7.57. The number of carbonyl (C=O) groups is 1. The normalized spacial score (nSPS) is 21.1. The maximum absolute atomic E-state index is 13.1. The van der Waals surface area contributed by atoms with E-state index in [-0.39, 0.29) is 10.9 Å². The molecule has 0 aliphatic carbocycles. The first-order valence-electron chi connectivity index (χ1n) is 9.73. The number of benzene rings is 2. The summed E-state index contributed by atoms with van der Waals surface area (Å²) < 4.78 is 18.7. The van der Waals surface area contributed by atoms with Crippen molar-refractivity contribution in [1.29, 1.82) is 0 Å². The van der Waals surface area contributed by atoms with Crippen LogP contribution < -0.4 is 19.9 Å². The molecule has 3 N–H and O–H groups in total. The van der Waals surface area contributed by atoms with Gasteiger partial charge in [0.2, 0.25) is 0 Å². The van der Waals surface area contributed by atoms with Crippen LogP contribution in [0.5, 0.6) is 5.75 Å². The lowest BCUT2D eigenvalue weighted by Gasteiger charge is -2.29. The summed E-state index contributed by atoms with van der Waals surface area (Å²) in [6.07, 6.45) is 1.00. The summed E-state index contributed by atoms with van der Waals surface area (Å²) in [5.41, 5.74) is 3.13.